The smallest absolute Gasteiger partial charge is 0.237 e. The third-order valence-electron chi connectivity index (χ3n) is 4.08. The van der Waals surface area contributed by atoms with Crippen LogP contribution in [0.5, 0.6) is 0 Å². The second-order valence-electron chi connectivity index (χ2n) is 5.51. The maximum absolute atomic E-state index is 12.3. The summed E-state index contributed by atoms with van der Waals surface area (Å²) >= 11 is 1.73. The molecule has 116 valence electrons. The first-order chi connectivity index (χ1) is 10.7. The van der Waals surface area contributed by atoms with Gasteiger partial charge in [-0.1, -0.05) is 6.07 Å². The summed E-state index contributed by atoms with van der Waals surface area (Å²) in [6, 6.07) is 4.00. The molecule has 1 N–H and O–H groups in total. The summed E-state index contributed by atoms with van der Waals surface area (Å²) in [5, 5.41) is 5.10. The first-order valence-electron chi connectivity index (χ1n) is 7.56. The first-order valence-corrected chi connectivity index (χ1v) is 8.44. The Hall–Kier alpha value is -1.79. The number of carbonyl (C=O) groups is 1. The summed E-state index contributed by atoms with van der Waals surface area (Å²) < 4.78 is 0. The number of fused-ring (bicyclic) bond motifs is 1. The Morgan fingerprint density at radius 2 is 2.45 bits per heavy atom. The zero-order valence-corrected chi connectivity index (χ0v) is 13.5. The molecule has 3 heterocycles. The molecule has 3 rings (SSSR count). The maximum atomic E-state index is 12.3. The van der Waals surface area contributed by atoms with E-state index in [0.29, 0.717) is 6.54 Å². The number of hydrogen-bond donors (Lipinski definition) is 1. The molecule has 2 aromatic rings. The fourth-order valence-electron chi connectivity index (χ4n) is 2.68. The Morgan fingerprint density at radius 1 is 1.55 bits per heavy atom. The molecule has 1 atom stereocenters. The number of amides is 1. The topological polar surface area (TPSA) is 58.1 Å². The second kappa shape index (κ2) is 6.98. The second-order valence-corrected chi connectivity index (χ2v) is 6.54. The van der Waals surface area contributed by atoms with E-state index in [9.17, 15) is 4.79 Å². The quantitative estimate of drug-likeness (QED) is 0.911. The Bertz CT molecular complexity index is 629. The van der Waals surface area contributed by atoms with Crippen LogP contribution in [0.25, 0.3) is 0 Å². The van der Waals surface area contributed by atoms with E-state index in [2.05, 4.69) is 31.6 Å². The van der Waals surface area contributed by atoms with Gasteiger partial charge in [-0.2, -0.15) is 0 Å². The van der Waals surface area contributed by atoms with Crippen molar-refractivity contribution in [2.75, 3.05) is 13.1 Å². The molecule has 22 heavy (non-hydrogen) atoms. The minimum atomic E-state index is -0.133. The third-order valence-corrected chi connectivity index (χ3v) is 5.02. The molecular formula is C16H20N4OS. The van der Waals surface area contributed by atoms with Crippen LogP contribution in [0.1, 0.15) is 23.1 Å². The van der Waals surface area contributed by atoms with Gasteiger partial charge in [0.15, 0.2) is 0 Å². The van der Waals surface area contributed by atoms with Crippen LogP contribution in [-0.4, -0.2) is 39.9 Å². The maximum Gasteiger partial charge on any atom is 0.237 e. The van der Waals surface area contributed by atoms with Crippen LogP contribution in [0.4, 0.5) is 0 Å². The van der Waals surface area contributed by atoms with Gasteiger partial charge in [0.25, 0.3) is 0 Å². The summed E-state index contributed by atoms with van der Waals surface area (Å²) in [7, 11) is 0. The number of aromatic nitrogens is 2. The van der Waals surface area contributed by atoms with E-state index in [0.717, 1.165) is 31.6 Å². The van der Waals surface area contributed by atoms with E-state index in [4.69, 9.17) is 0 Å². The van der Waals surface area contributed by atoms with E-state index in [1.54, 1.807) is 17.7 Å². The standard InChI is InChI=1S/C16H20N4OS/c1-12(16(21)18-6-4-14-3-2-8-22-14)20-7-5-13-9-17-11-19-15(13)10-20/h2-3,8-9,11-12H,4-7,10H2,1H3,(H,18,21)/t12-/m0/s1. The summed E-state index contributed by atoms with van der Waals surface area (Å²) in [6.45, 7) is 4.25. The van der Waals surface area contributed by atoms with Crippen LogP contribution in [-0.2, 0) is 24.2 Å². The van der Waals surface area contributed by atoms with Crippen molar-refractivity contribution in [3.63, 3.8) is 0 Å². The average Bonchev–Trinajstić information content (AvgIpc) is 3.07. The SMILES string of the molecule is C[C@@H](C(=O)NCCc1cccs1)N1CCc2cncnc2C1. The highest BCUT2D eigenvalue weighted by atomic mass is 32.1. The number of nitrogens with one attached hydrogen (secondary N) is 1. The number of hydrogen-bond acceptors (Lipinski definition) is 5. The summed E-state index contributed by atoms with van der Waals surface area (Å²) in [5.41, 5.74) is 2.24. The minimum Gasteiger partial charge on any atom is -0.354 e. The van der Waals surface area contributed by atoms with Gasteiger partial charge >= 0.3 is 0 Å². The van der Waals surface area contributed by atoms with Gasteiger partial charge in [0.2, 0.25) is 5.91 Å². The summed E-state index contributed by atoms with van der Waals surface area (Å²) in [5.74, 6) is 0.0917. The van der Waals surface area contributed by atoms with Crippen molar-refractivity contribution >= 4 is 17.2 Å². The molecule has 0 fully saturated rings. The molecular weight excluding hydrogens is 296 g/mol. The molecule has 0 saturated carbocycles. The highest BCUT2D eigenvalue weighted by Crippen LogP contribution is 2.17. The lowest BCUT2D eigenvalue weighted by Crippen LogP contribution is -2.47. The highest BCUT2D eigenvalue weighted by molar-refractivity contribution is 7.09. The van der Waals surface area contributed by atoms with E-state index >= 15 is 0 Å². The molecule has 5 nitrogen and oxygen atoms in total. The lowest BCUT2D eigenvalue weighted by molar-refractivity contribution is -0.126. The number of nitrogens with zero attached hydrogens (tertiary/aromatic N) is 3. The van der Waals surface area contributed by atoms with Gasteiger partial charge in [-0.05, 0) is 36.8 Å². The van der Waals surface area contributed by atoms with Crippen molar-refractivity contribution in [1.82, 2.24) is 20.2 Å². The normalized spacial score (nSPS) is 16.0. The van der Waals surface area contributed by atoms with Gasteiger partial charge in [0.1, 0.15) is 6.33 Å². The van der Waals surface area contributed by atoms with Crippen molar-refractivity contribution in [3.05, 3.63) is 46.2 Å². The van der Waals surface area contributed by atoms with E-state index in [1.165, 1.54) is 10.4 Å². The van der Waals surface area contributed by atoms with Gasteiger partial charge in [-0.3, -0.25) is 9.69 Å². The molecule has 0 spiro atoms. The molecule has 0 aromatic carbocycles. The minimum absolute atomic E-state index is 0.0917. The molecule has 1 amide bonds. The van der Waals surface area contributed by atoms with Crippen molar-refractivity contribution in [1.29, 1.82) is 0 Å². The van der Waals surface area contributed by atoms with Crippen LogP contribution in [0, 0.1) is 0 Å². The molecule has 0 unspecified atom stereocenters. The molecule has 2 aromatic heterocycles. The van der Waals surface area contributed by atoms with Crippen LogP contribution in [0.15, 0.2) is 30.0 Å². The van der Waals surface area contributed by atoms with E-state index < -0.39 is 0 Å². The highest BCUT2D eigenvalue weighted by Gasteiger charge is 2.25. The fraction of sp³-hybridized carbons (Fsp3) is 0.438. The van der Waals surface area contributed by atoms with Crippen molar-refractivity contribution in [2.45, 2.75) is 32.4 Å². The summed E-state index contributed by atoms with van der Waals surface area (Å²) in [4.78, 5) is 24.2. The predicted octanol–water partition coefficient (Wildman–Crippen LogP) is 1.64. The largest absolute Gasteiger partial charge is 0.354 e. The lowest BCUT2D eigenvalue weighted by Gasteiger charge is -2.31. The van der Waals surface area contributed by atoms with Gasteiger partial charge in [-0.15, -0.1) is 11.3 Å². The van der Waals surface area contributed by atoms with Crippen LogP contribution >= 0.6 is 11.3 Å². The number of rotatable bonds is 5. The molecule has 0 aliphatic carbocycles. The number of carbonyl (C=O) groups excluding carboxylic acids is 1. The van der Waals surface area contributed by atoms with Gasteiger partial charge < -0.3 is 5.32 Å². The van der Waals surface area contributed by atoms with Gasteiger partial charge in [0.05, 0.1) is 11.7 Å². The molecule has 6 heteroatoms. The van der Waals surface area contributed by atoms with E-state index in [1.807, 2.05) is 19.2 Å². The Balaban J connectivity index is 1.51. The van der Waals surface area contributed by atoms with Crippen molar-refractivity contribution in [2.24, 2.45) is 0 Å². The molecule has 0 bridgehead atoms. The average molecular weight is 316 g/mol. The van der Waals surface area contributed by atoms with Crippen molar-refractivity contribution in [3.8, 4) is 0 Å². The summed E-state index contributed by atoms with van der Waals surface area (Å²) in [6.07, 6.45) is 5.26. The predicted molar refractivity (Wildman–Crippen MR) is 86.6 cm³/mol. The third kappa shape index (κ3) is 3.51. The molecule has 0 radical (unpaired) electrons. The zero-order valence-electron chi connectivity index (χ0n) is 12.7. The van der Waals surface area contributed by atoms with Gasteiger partial charge in [-0.25, -0.2) is 9.97 Å². The Morgan fingerprint density at radius 3 is 3.27 bits per heavy atom. The molecule has 1 aliphatic heterocycles. The lowest BCUT2D eigenvalue weighted by atomic mass is 10.1. The van der Waals surface area contributed by atoms with Crippen LogP contribution in [0.2, 0.25) is 0 Å². The van der Waals surface area contributed by atoms with Gasteiger partial charge in [0, 0.05) is 30.7 Å². The number of thiophene rings is 1. The molecule has 0 saturated heterocycles. The zero-order chi connectivity index (χ0) is 15.4. The Kier molecular flexibility index (Phi) is 4.80. The first kappa shape index (κ1) is 15.1. The Labute approximate surface area is 134 Å². The monoisotopic (exact) mass is 316 g/mol. The van der Waals surface area contributed by atoms with Crippen LogP contribution in [0.3, 0.4) is 0 Å². The van der Waals surface area contributed by atoms with Crippen LogP contribution < -0.4 is 5.32 Å². The fourth-order valence-corrected chi connectivity index (χ4v) is 3.39. The van der Waals surface area contributed by atoms with E-state index in [-0.39, 0.29) is 11.9 Å². The molecule has 1 aliphatic rings. The van der Waals surface area contributed by atoms with Crippen molar-refractivity contribution < 1.29 is 4.79 Å².